The number of nitrogens with zero attached hydrogens (tertiary/aromatic N) is 1. The average Bonchev–Trinajstić information content (AvgIpc) is 2.84. The lowest BCUT2D eigenvalue weighted by Gasteiger charge is -2.26. The summed E-state index contributed by atoms with van der Waals surface area (Å²) in [5.74, 6) is -2.15. The standard InChI is InChI=1S/C14H15F2NO3/c1-9(19)20-8-10-3-2-4-17(10)11-5-13(15)12(7-18)14(16)6-11/h5-7,10H,2-4,8H2,1H3/t10-/m0/s1. The molecule has 20 heavy (non-hydrogen) atoms. The molecule has 0 bridgehead atoms. The molecule has 1 fully saturated rings. The van der Waals surface area contributed by atoms with Gasteiger partial charge in [-0.1, -0.05) is 0 Å². The van der Waals surface area contributed by atoms with Gasteiger partial charge in [-0.2, -0.15) is 0 Å². The Hall–Kier alpha value is -1.98. The Morgan fingerprint density at radius 1 is 1.45 bits per heavy atom. The van der Waals surface area contributed by atoms with E-state index >= 15 is 0 Å². The number of carbonyl (C=O) groups is 2. The molecule has 1 aliphatic heterocycles. The highest BCUT2D eigenvalue weighted by atomic mass is 19.1. The van der Waals surface area contributed by atoms with Crippen molar-refractivity contribution in [2.45, 2.75) is 25.8 Å². The molecule has 0 radical (unpaired) electrons. The van der Waals surface area contributed by atoms with Gasteiger partial charge in [0.2, 0.25) is 0 Å². The van der Waals surface area contributed by atoms with Gasteiger partial charge >= 0.3 is 5.97 Å². The van der Waals surface area contributed by atoms with E-state index in [9.17, 15) is 18.4 Å². The Bertz CT molecular complexity index is 510. The van der Waals surface area contributed by atoms with Crippen molar-refractivity contribution in [3.63, 3.8) is 0 Å². The van der Waals surface area contributed by atoms with Gasteiger partial charge in [0.25, 0.3) is 0 Å². The highest BCUT2D eigenvalue weighted by molar-refractivity contribution is 5.77. The number of carbonyl (C=O) groups excluding carboxylic acids is 2. The fourth-order valence-electron chi connectivity index (χ4n) is 2.41. The predicted octanol–water partition coefficient (Wildman–Crippen LogP) is 2.31. The molecular formula is C14H15F2NO3. The number of hydrogen-bond acceptors (Lipinski definition) is 4. The summed E-state index contributed by atoms with van der Waals surface area (Å²) in [5.41, 5.74) is -0.204. The third-order valence-corrected chi connectivity index (χ3v) is 3.37. The van der Waals surface area contributed by atoms with E-state index in [-0.39, 0.29) is 24.9 Å². The fraction of sp³-hybridized carbons (Fsp3) is 0.429. The minimum atomic E-state index is -0.881. The zero-order valence-corrected chi connectivity index (χ0v) is 11.1. The van der Waals surface area contributed by atoms with E-state index in [1.54, 1.807) is 4.90 Å². The van der Waals surface area contributed by atoms with E-state index < -0.39 is 17.2 Å². The lowest BCUT2D eigenvalue weighted by atomic mass is 10.1. The maximum absolute atomic E-state index is 13.6. The maximum atomic E-state index is 13.6. The van der Waals surface area contributed by atoms with Gasteiger partial charge in [-0.3, -0.25) is 9.59 Å². The topological polar surface area (TPSA) is 46.6 Å². The largest absolute Gasteiger partial charge is 0.464 e. The normalized spacial score (nSPS) is 18.1. The van der Waals surface area contributed by atoms with Crippen molar-refractivity contribution in [3.05, 3.63) is 29.3 Å². The number of ether oxygens (including phenoxy) is 1. The van der Waals surface area contributed by atoms with Gasteiger partial charge in [0.05, 0.1) is 11.6 Å². The van der Waals surface area contributed by atoms with E-state index in [1.807, 2.05) is 0 Å². The summed E-state index contributed by atoms with van der Waals surface area (Å²) in [6.45, 7) is 2.14. The highest BCUT2D eigenvalue weighted by Gasteiger charge is 2.27. The molecule has 0 unspecified atom stereocenters. The SMILES string of the molecule is CC(=O)OC[C@@H]1CCCN1c1cc(F)c(C=O)c(F)c1. The lowest BCUT2D eigenvalue weighted by molar-refractivity contribution is -0.141. The van der Waals surface area contributed by atoms with Crippen LogP contribution in [-0.4, -0.2) is 31.4 Å². The molecule has 0 spiro atoms. The van der Waals surface area contributed by atoms with Crippen LogP contribution < -0.4 is 4.90 Å². The Labute approximate surface area is 115 Å². The fourth-order valence-corrected chi connectivity index (χ4v) is 2.41. The number of hydrogen-bond donors (Lipinski definition) is 0. The number of benzene rings is 1. The first-order chi connectivity index (χ1) is 9.52. The van der Waals surface area contributed by atoms with Crippen LogP contribution in [0.2, 0.25) is 0 Å². The molecule has 0 N–H and O–H groups in total. The van der Waals surface area contributed by atoms with Crippen molar-refractivity contribution in [2.24, 2.45) is 0 Å². The third kappa shape index (κ3) is 2.95. The van der Waals surface area contributed by atoms with Gasteiger partial charge in [-0.25, -0.2) is 8.78 Å². The van der Waals surface area contributed by atoms with Crippen LogP contribution in [0.1, 0.15) is 30.1 Å². The molecule has 0 saturated carbocycles. The Morgan fingerprint density at radius 3 is 2.65 bits per heavy atom. The number of esters is 1. The third-order valence-electron chi connectivity index (χ3n) is 3.37. The van der Waals surface area contributed by atoms with Crippen molar-refractivity contribution in [1.82, 2.24) is 0 Å². The second-order valence-electron chi connectivity index (χ2n) is 4.73. The average molecular weight is 283 g/mol. The van der Waals surface area contributed by atoms with E-state index in [0.717, 1.165) is 25.0 Å². The summed E-state index contributed by atoms with van der Waals surface area (Å²) >= 11 is 0. The second-order valence-corrected chi connectivity index (χ2v) is 4.73. The monoisotopic (exact) mass is 283 g/mol. The van der Waals surface area contributed by atoms with Crippen LogP contribution in [0.15, 0.2) is 12.1 Å². The molecule has 1 heterocycles. The number of anilines is 1. The zero-order chi connectivity index (χ0) is 14.7. The van der Waals surface area contributed by atoms with Crippen molar-refractivity contribution in [2.75, 3.05) is 18.1 Å². The number of aldehydes is 1. The van der Waals surface area contributed by atoms with Crippen LogP contribution in [0.3, 0.4) is 0 Å². The zero-order valence-electron chi connectivity index (χ0n) is 11.1. The summed E-state index contributed by atoms with van der Waals surface area (Å²) in [6.07, 6.45) is 1.80. The molecule has 4 nitrogen and oxygen atoms in total. The number of halogens is 2. The van der Waals surface area contributed by atoms with Gasteiger partial charge in [-0.05, 0) is 25.0 Å². The van der Waals surface area contributed by atoms with Crippen molar-refractivity contribution < 1.29 is 23.1 Å². The summed E-state index contributed by atoms with van der Waals surface area (Å²) in [5, 5.41) is 0. The number of rotatable bonds is 4. The molecule has 1 aliphatic rings. The minimum Gasteiger partial charge on any atom is -0.464 e. The summed E-state index contributed by atoms with van der Waals surface area (Å²) in [7, 11) is 0. The lowest BCUT2D eigenvalue weighted by Crippen LogP contribution is -2.33. The van der Waals surface area contributed by atoms with Crippen molar-refractivity contribution in [1.29, 1.82) is 0 Å². The van der Waals surface area contributed by atoms with Crippen LogP contribution in [0.4, 0.5) is 14.5 Å². The van der Waals surface area contributed by atoms with Gasteiger partial charge in [0.15, 0.2) is 6.29 Å². The molecule has 1 aromatic rings. The molecule has 0 amide bonds. The molecule has 0 aliphatic carbocycles. The van der Waals surface area contributed by atoms with Gasteiger partial charge in [-0.15, -0.1) is 0 Å². The molecule has 1 saturated heterocycles. The van der Waals surface area contributed by atoms with Crippen LogP contribution in [0, 0.1) is 11.6 Å². The second kappa shape index (κ2) is 5.98. The van der Waals surface area contributed by atoms with E-state index in [2.05, 4.69) is 0 Å². The summed E-state index contributed by atoms with van der Waals surface area (Å²) in [6, 6.07) is 2.18. The summed E-state index contributed by atoms with van der Waals surface area (Å²) in [4.78, 5) is 23.2. The Morgan fingerprint density at radius 2 is 2.10 bits per heavy atom. The summed E-state index contributed by atoms with van der Waals surface area (Å²) < 4.78 is 32.2. The van der Waals surface area contributed by atoms with E-state index in [1.165, 1.54) is 6.92 Å². The van der Waals surface area contributed by atoms with E-state index in [4.69, 9.17) is 4.74 Å². The predicted molar refractivity (Wildman–Crippen MR) is 68.7 cm³/mol. The molecule has 1 atom stereocenters. The van der Waals surface area contributed by atoms with Crippen molar-refractivity contribution >= 4 is 17.9 Å². The molecule has 108 valence electrons. The van der Waals surface area contributed by atoms with Gasteiger partial charge in [0, 0.05) is 19.2 Å². The smallest absolute Gasteiger partial charge is 0.302 e. The Kier molecular flexibility index (Phi) is 4.32. The highest BCUT2D eigenvalue weighted by Crippen LogP contribution is 2.28. The van der Waals surface area contributed by atoms with Crippen molar-refractivity contribution in [3.8, 4) is 0 Å². The first-order valence-corrected chi connectivity index (χ1v) is 6.37. The quantitative estimate of drug-likeness (QED) is 0.628. The minimum absolute atomic E-state index is 0.0974. The Balaban J connectivity index is 2.21. The van der Waals surface area contributed by atoms with Crippen LogP contribution in [0.5, 0.6) is 0 Å². The first kappa shape index (κ1) is 14.4. The van der Waals surface area contributed by atoms with Crippen LogP contribution >= 0.6 is 0 Å². The molecule has 1 aromatic carbocycles. The first-order valence-electron chi connectivity index (χ1n) is 6.37. The molecule has 6 heteroatoms. The molecule has 0 aromatic heterocycles. The molecule has 2 rings (SSSR count). The van der Waals surface area contributed by atoms with Gasteiger partial charge in [0.1, 0.15) is 18.2 Å². The molecular weight excluding hydrogens is 268 g/mol. The van der Waals surface area contributed by atoms with Gasteiger partial charge < -0.3 is 9.64 Å². The van der Waals surface area contributed by atoms with E-state index in [0.29, 0.717) is 12.2 Å². The van der Waals surface area contributed by atoms with Crippen LogP contribution in [0.25, 0.3) is 0 Å². The van der Waals surface area contributed by atoms with Crippen LogP contribution in [-0.2, 0) is 9.53 Å². The maximum Gasteiger partial charge on any atom is 0.302 e.